The van der Waals surface area contributed by atoms with Crippen molar-refractivity contribution in [2.24, 2.45) is 17.4 Å². The Bertz CT molecular complexity index is 466. The highest BCUT2D eigenvalue weighted by molar-refractivity contribution is 7.80. The van der Waals surface area contributed by atoms with Gasteiger partial charge in [0.05, 0.1) is 0 Å². The molecule has 0 spiro atoms. The fraction of sp³-hybridized carbons (Fsp3) is 0.462. The Labute approximate surface area is 118 Å². The van der Waals surface area contributed by atoms with Crippen LogP contribution in [0.3, 0.4) is 0 Å². The van der Waals surface area contributed by atoms with E-state index in [0.717, 1.165) is 37.3 Å². The summed E-state index contributed by atoms with van der Waals surface area (Å²) in [5, 5.41) is 0. The fourth-order valence-electron chi connectivity index (χ4n) is 2.37. The molecule has 0 unspecified atom stereocenters. The van der Waals surface area contributed by atoms with Crippen LogP contribution in [0.25, 0.3) is 0 Å². The van der Waals surface area contributed by atoms with E-state index in [2.05, 4.69) is 9.88 Å². The number of hydrogen-bond acceptors (Lipinski definition) is 4. The van der Waals surface area contributed by atoms with Gasteiger partial charge in [-0.25, -0.2) is 4.98 Å². The Morgan fingerprint density at radius 3 is 2.53 bits per heavy atom. The van der Waals surface area contributed by atoms with Gasteiger partial charge in [-0.1, -0.05) is 12.2 Å². The Hall–Kier alpha value is -1.69. The van der Waals surface area contributed by atoms with Crippen molar-refractivity contribution >= 4 is 28.9 Å². The number of piperidine rings is 1. The van der Waals surface area contributed by atoms with Gasteiger partial charge in [0.1, 0.15) is 10.8 Å². The van der Waals surface area contributed by atoms with Gasteiger partial charge in [0, 0.05) is 31.3 Å². The maximum atomic E-state index is 10.9. The maximum absolute atomic E-state index is 10.9. The van der Waals surface area contributed by atoms with Crippen LogP contribution in [-0.4, -0.2) is 29.0 Å². The third-order valence-corrected chi connectivity index (χ3v) is 3.70. The van der Waals surface area contributed by atoms with E-state index in [0.29, 0.717) is 17.3 Å². The van der Waals surface area contributed by atoms with Crippen molar-refractivity contribution in [3.63, 3.8) is 0 Å². The fourth-order valence-corrected chi connectivity index (χ4v) is 2.49. The maximum Gasteiger partial charge on any atom is 0.217 e. The minimum atomic E-state index is -0.211. The molecule has 2 rings (SSSR count). The molecule has 0 aliphatic carbocycles. The van der Waals surface area contributed by atoms with Crippen LogP contribution in [0.2, 0.25) is 0 Å². The lowest BCUT2D eigenvalue weighted by Gasteiger charge is -2.32. The number of nitrogens with zero attached hydrogens (tertiary/aromatic N) is 2. The molecule has 1 aromatic rings. The first-order valence-electron chi connectivity index (χ1n) is 6.35. The monoisotopic (exact) mass is 278 g/mol. The highest BCUT2D eigenvalue weighted by Crippen LogP contribution is 2.23. The van der Waals surface area contributed by atoms with E-state index >= 15 is 0 Å². The van der Waals surface area contributed by atoms with Gasteiger partial charge in [-0.3, -0.25) is 4.79 Å². The van der Waals surface area contributed by atoms with Crippen LogP contribution in [0.15, 0.2) is 18.3 Å². The summed E-state index contributed by atoms with van der Waals surface area (Å²) < 4.78 is 0. The van der Waals surface area contributed by atoms with Crippen molar-refractivity contribution in [2.75, 3.05) is 18.0 Å². The first kappa shape index (κ1) is 13.7. The van der Waals surface area contributed by atoms with Crippen molar-refractivity contribution in [3.05, 3.63) is 23.9 Å². The van der Waals surface area contributed by atoms with Crippen molar-refractivity contribution in [1.82, 2.24) is 4.98 Å². The number of primary amides is 1. The van der Waals surface area contributed by atoms with Gasteiger partial charge >= 0.3 is 0 Å². The second-order valence-electron chi connectivity index (χ2n) is 4.87. The zero-order chi connectivity index (χ0) is 13.8. The number of hydrogen-bond donors (Lipinski definition) is 2. The number of rotatable bonds is 4. The summed E-state index contributed by atoms with van der Waals surface area (Å²) in [6, 6.07) is 3.82. The summed E-state index contributed by atoms with van der Waals surface area (Å²) >= 11 is 4.90. The van der Waals surface area contributed by atoms with Gasteiger partial charge in [-0.05, 0) is 30.9 Å². The van der Waals surface area contributed by atoms with Crippen molar-refractivity contribution < 1.29 is 4.79 Å². The van der Waals surface area contributed by atoms with E-state index in [-0.39, 0.29) is 5.91 Å². The van der Waals surface area contributed by atoms with Crippen molar-refractivity contribution in [2.45, 2.75) is 19.3 Å². The molecule has 1 saturated heterocycles. The van der Waals surface area contributed by atoms with Gasteiger partial charge in [-0.2, -0.15) is 0 Å². The molecule has 0 atom stereocenters. The SMILES string of the molecule is NC(=O)CC1CCN(c2ccc(C(N)=S)cn2)CC1. The number of nitrogens with two attached hydrogens (primary N) is 2. The highest BCUT2D eigenvalue weighted by atomic mass is 32.1. The molecule has 6 heteroatoms. The summed E-state index contributed by atoms with van der Waals surface area (Å²) in [7, 11) is 0. The smallest absolute Gasteiger partial charge is 0.217 e. The lowest BCUT2D eigenvalue weighted by atomic mass is 9.93. The number of carbonyl (C=O) groups is 1. The van der Waals surface area contributed by atoms with Crippen molar-refractivity contribution in [1.29, 1.82) is 0 Å². The second-order valence-corrected chi connectivity index (χ2v) is 5.31. The number of thiocarbonyl (C=S) groups is 1. The number of carbonyl (C=O) groups excluding carboxylic acids is 1. The minimum absolute atomic E-state index is 0.211. The van der Waals surface area contributed by atoms with E-state index in [1.54, 1.807) is 6.20 Å². The molecule has 5 nitrogen and oxygen atoms in total. The van der Waals surface area contributed by atoms with Gasteiger partial charge in [0.25, 0.3) is 0 Å². The van der Waals surface area contributed by atoms with E-state index in [1.807, 2.05) is 12.1 Å². The molecule has 102 valence electrons. The molecular formula is C13H18N4OS. The first-order valence-corrected chi connectivity index (χ1v) is 6.76. The highest BCUT2D eigenvalue weighted by Gasteiger charge is 2.21. The molecule has 4 N–H and O–H groups in total. The average molecular weight is 278 g/mol. The Morgan fingerprint density at radius 2 is 2.05 bits per heavy atom. The van der Waals surface area contributed by atoms with Gasteiger partial charge in [0.2, 0.25) is 5.91 Å². The van der Waals surface area contributed by atoms with Gasteiger partial charge < -0.3 is 16.4 Å². The summed E-state index contributed by atoms with van der Waals surface area (Å²) in [6.45, 7) is 1.80. The molecule has 1 aromatic heterocycles. The van der Waals surface area contributed by atoms with Gasteiger partial charge in [0.15, 0.2) is 0 Å². The quantitative estimate of drug-likeness (QED) is 0.796. The number of pyridine rings is 1. The molecule has 1 aliphatic rings. The molecule has 0 bridgehead atoms. The molecule has 0 aromatic carbocycles. The molecule has 1 aliphatic heterocycles. The Morgan fingerprint density at radius 1 is 1.37 bits per heavy atom. The zero-order valence-electron chi connectivity index (χ0n) is 10.7. The first-order chi connectivity index (χ1) is 9.06. The standard InChI is InChI=1S/C13H18N4OS/c14-11(18)7-9-3-5-17(6-4-9)12-2-1-10(8-16-12)13(15)19/h1-2,8-9H,3-7H2,(H2,14,18)(H2,15,19). The van der Waals surface area contributed by atoms with Crippen LogP contribution < -0.4 is 16.4 Å². The summed E-state index contributed by atoms with van der Waals surface area (Å²) in [5.74, 6) is 1.12. The molecule has 1 amide bonds. The molecule has 0 saturated carbocycles. The molecule has 2 heterocycles. The number of amides is 1. The van der Waals surface area contributed by atoms with Gasteiger partial charge in [-0.15, -0.1) is 0 Å². The predicted octanol–water partition coefficient (Wildman–Crippen LogP) is 0.808. The summed E-state index contributed by atoms with van der Waals surface area (Å²) in [6.07, 6.45) is 4.14. The Balaban J connectivity index is 1.94. The zero-order valence-corrected chi connectivity index (χ0v) is 11.5. The summed E-state index contributed by atoms with van der Waals surface area (Å²) in [4.78, 5) is 17.8. The largest absolute Gasteiger partial charge is 0.389 e. The summed E-state index contributed by atoms with van der Waals surface area (Å²) in [5.41, 5.74) is 11.5. The van der Waals surface area contributed by atoms with Crippen LogP contribution in [-0.2, 0) is 4.79 Å². The van der Waals surface area contributed by atoms with Crippen LogP contribution in [0.4, 0.5) is 5.82 Å². The van der Waals surface area contributed by atoms with E-state index < -0.39 is 0 Å². The average Bonchev–Trinajstić information content (AvgIpc) is 2.39. The molecule has 0 radical (unpaired) electrons. The van der Waals surface area contributed by atoms with Crippen molar-refractivity contribution in [3.8, 4) is 0 Å². The van der Waals surface area contributed by atoms with Crippen LogP contribution in [0, 0.1) is 5.92 Å². The molecule has 19 heavy (non-hydrogen) atoms. The predicted molar refractivity (Wildman–Crippen MR) is 78.9 cm³/mol. The van der Waals surface area contributed by atoms with E-state index in [1.165, 1.54) is 0 Å². The van der Waals surface area contributed by atoms with E-state index in [4.69, 9.17) is 23.7 Å². The van der Waals surface area contributed by atoms with E-state index in [9.17, 15) is 4.79 Å². The third kappa shape index (κ3) is 3.64. The van der Waals surface area contributed by atoms with Crippen LogP contribution in [0.1, 0.15) is 24.8 Å². The number of anilines is 1. The minimum Gasteiger partial charge on any atom is -0.389 e. The molecule has 1 fully saturated rings. The number of aromatic nitrogens is 1. The molecular weight excluding hydrogens is 260 g/mol. The topological polar surface area (TPSA) is 85.2 Å². The lowest BCUT2D eigenvalue weighted by Crippen LogP contribution is -2.35. The Kier molecular flexibility index (Phi) is 4.31. The normalized spacial score (nSPS) is 16.3. The second kappa shape index (κ2) is 5.97. The third-order valence-electron chi connectivity index (χ3n) is 3.46. The van der Waals surface area contributed by atoms with Crippen LogP contribution >= 0.6 is 12.2 Å². The van der Waals surface area contributed by atoms with Crippen LogP contribution in [0.5, 0.6) is 0 Å². The lowest BCUT2D eigenvalue weighted by molar-refractivity contribution is -0.119.